The van der Waals surface area contributed by atoms with E-state index in [0.29, 0.717) is 6.54 Å². The van der Waals surface area contributed by atoms with Crippen LogP contribution in [0.5, 0.6) is 0 Å². The summed E-state index contributed by atoms with van der Waals surface area (Å²) in [5.41, 5.74) is 0. The van der Waals surface area contributed by atoms with E-state index in [9.17, 15) is 8.78 Å². The zero-order valence-corrected chi connectivity index (χ0v) is 8.13. The zero-order chi connectivity index (χ0) is 10.3. The lowest BCUT2D eigenvalue weighted by Gasteiger charge is -2.12. The zero-order valence-electron chi connectivity index (χ0n) is 8.13. The lowest BCUT2D eigenvalue weighted by molar-refractivity contribution is -0.00319. The molecule has 0 aliphatic carbocycles. The second-order valence-corrected chi connectivity index (χ2v) is 3.26. The van der Waals surface area contributed by atoms with E-state index in [-0.39, 0.29) is 6.54 Å². The normalized spacial score (nSPS) is 14.1. The summed E-state index contributed by atoms with van der Waals surface area (Å²) in [6.07, 6.45) is -3.30. The SMILES string of the molecule is CN(C)CCCNCC(O)C(F)F. The van der Waals surface area contributed by atoms with Crippen LogP contribution in [0.2, 0.25) is 0 Å². The van der Waals surface area contributed by atoms with Gasteiger partial charge < -0.3 is 15.3 Å². The van der Waals surface area contributed by atoms with Crippen LogP contribution >= 0.6 is 0 Å². The Kier molecular flexibility index (Phi) is 7.03. The molecule has 0 fully saturated rings. The predicted molar refractivity (Wildman–Crippen MR) is 48.1 cm³/mol. The smallest absolute Gasteiger partial charge is 0.265 e. The van der Waals surface area contributed by atoms with Crippen molar-refractivity contribution in [1.82, 2.24) is 10.2 Å². The minimum absolute atomic E-state index is 0.0366. The fraction of sp³-hybridized carbons (Fsp3) is 1.00. The minimum Gasteiger partial charge on any atom is -0.386 e. The Hall–Kier alpha value is -0.260. The van der Waals surface area contributed by atoms with Crippen LogP contribution in [-0.2, 0) is 0 Å². The number of nitrogens with one attached hydrogen (secondary N) is 1. The highest BCUT2D eigenvalue weighted by Crippen LogP contribution is 1.98. The fourth-order valence-corrected chi connectivity index (χ4v) is 0.859. The molecule has 13 heavy (non-hydrogen) atoms. The van der Waals surface area contributed by atoms with E-state index in [1.165, 1.54) is 0 Å². The van der Waals surface area contributed by atoms with Crippen molar-refractivity contribution in [1.29, 1.82) is 0 Å². The van der Waals surface area contributed by atoms with Crippen LogP contribution in [0.15, 0.2) is 0 Å². The minimum atomic E-state index is -2.65. The maximum Gasteiger partial charge on any atom is 0.265 e. The molecule has 5 heteroatoms. The maximum absolute atomic E-state index is 11.8. The van der Waals surface area contributed by atoms with Gasteiger partial charge in [0.15, 0.2) is 0 Å². The number of aliphatic hydroxyl groups is 1. The highest BCUT2D eigenvalue weighted by Gasteiger charge is 2.15. The van der Waals surface area contributed by atoms with Gasteiger partial charge in [-0.15, -0.1) is 0 Å². The Bertz CT molecular complexity index is 123. The molecule has 0 saturated heterocycles. The van der Waals surface area contributed by atoms with Gasteiger partial charge in [0.25, 0.3) is 6.43 Å². The van der Waals surface area contributed by atoms with Gasteiger partial charge in [-0.25, -0.2) is 8.78 Å². The van der Waals surface area contributed by atoms with Crippen molar-refractivity contribution in [3.05, 3.63) is 0 Å². The quantitative estimate of drug-likeness (QED) is 0.569. The van der Waals surface area contributed by atoms with E-state index in [4.69, 9.17) is 5.11 Å². The van der Waals surface area contributed by atoms with Crippen LogP contribution in [0.3, 0.4) is 0 Å². The van der Waals surface area contributed by atoms with Crippen molar-refractivity contribution in [2.75, 3.05) is 33.7 Å². The van der Waals surface area contributed by atoms with Crippen LogP contribution in [0, 0.1) is 0 Å². The summed E-state index contributed by atoms with van der Waals surface area (Å²) in [7, 11) is 3.90. The van der Waals surface area contributed by atoms with Gasteiger partial charge in [0.2, 0.25) is 0 Å². The Labute approximate surface area is 77.7 Å². The molecule has 0 rings (SSSR count). The topological polar surface area (TPSA) is 35.5 Å². The lowest BCUT2D eigenvalue weighted by Crippen LogP contribution is -2.33. The van der Waals surface area contributed by atoms with Crippen LogP contribution in [0.25, 0.3) is 0 Å². The fourth-order valence-electron chi connectivity index (χ4n) is 0.859. The molecule has 0 amide bonds. The number of hydrogen-bond donors (Lipinski definition) is 2. The van der Waals surface area contributed by atoms with Crippen molar-refractivity contribution >= 4 is 0 Å². The van der Waals surface area contributed by atoms with Crippen LogP contribution < -0.4 is 5.32 Å². The number of aliphatic hydroxyl groups excluding tert-OH is 1. The molecule has 0 aliphatic heterocycles. The summed E-state index contributed by atoms with van der Waals surface area (Å²) in [6, 6.07) is 0. The highest BCUT2D eigenvalue weighted by molar-refractivity contribution is 4.61. The first-order chi connectivity index (χ1) is 6.04. The second kappa shape index (κ2) is 7.17. The predicted octanol–water partition coefficient (Wildman–Crippen LogP) is 0.154. The molecule has 0 bridgehead atoms. The largest absolute Gasteiger partial charge is 0.386 e. The molecule has 0 spiro atoms. The summed E-state index contributed by atoms with van der Waals surface area (Å²) >= 11 is 0. The summed E-state index contributed by atoms with van der Waals surface area (Å²) < 4.78 is 23.5. The maximum atomic E-state index is 11.8. The number of hydrogen-bond acceptors (Lipinski definition) is 3. The monoisotopic (exact) mass is 196 g/mol. The van der Waals surface area contributed by atoms with Gasteiger partial charge in [0, 0.05) is 6.54 Å². The van der Waals surface area contributed by atoms with Gasteiger partial charge in [0.05, 0.1) is 0 Å². The number of rotatable bonds is 7. The van der Waals surface area contributed by atoms with Crippen molar-refractivity contribution in [3.8, 4) is 0 Å². The van der Waals surface area contributed by atoms with Crippen LogP contribution in [-0.4, -0.2) is 56.3 Å². The molecular formula is C8H18F2N2O. The molecule has 0 aromatic heterocycles. The number of halogens is 2. The molecule has 0 aromatic rings. The third kappa shape index (κ3) is 8.08. The van der Waals surface area contributed by atoms with Gasteiger partial charge in [-0.3, -0.25) is 0 Å². The van der Waals surface area contributed by atoms with Gasteiger partial charge in [-0.1, -0.05) is 0 Å². The average molecular weight is 196 g/mol. The molecule has 2 N–H and O–H groups in total. The van der Waals surface area contributed by atoms with E-state index in [0.717, 1.165) is 13.0 Å². The summed E-state index contributed by atoms with van der Waals surface area (Å²) in [6.45, 7) is 1.53. The van der Waals surface area contributed by atoms with Gasteiger partial charge >= 0.3 is 0 Å². The Balaban J connectivity index is 3.16. The van der Waals surface area contributed by atoms with Crippen LogP contribution in [0.4, 0.5) is 8.78 Å². The molecule has 3 nitrogen and oxygen atoms in total. The van der Waals surface area contributed by atoms with Crippen molar-refractivity contribution in [2.45, 2.75) is 19.0 Å². The molecule has 80 valence electrons. The molecule has 0 aromatic carbocycles. The van der Waals surface area contributed by atoms with Crippen LogP contribution in [0.1, 0.15) is 6.42 Å². The molecule has 0 radical (unpaired) electrons. The highest BCUT2D eigenvalue weighted by atomic mass is 19.3. The second-order valence-electron chi connectivity index (χ2n) is 3.26. The number of nitrogens with zero attached hydrogens (tertiary/aromatic N) is 1. The Morgan fingerprint density at radius 3 is 2.46 bits per heavy atom. The molecule has 0 aliphatic rings. The molecule has 1 unspecified atom stereocenters. The van der Waals surface area contributed by atoms with Crippen molar-refractivity contribution in [2.24, 2.45) is 0 Å². The first-order valence-corrected chi connectivity index (χ1v) is 4.35. The van der Waals surface area contributed by atoms with Gasteiger partial charge in [-0.05, 0) is 33.6 Å². The Morgan fingerprint density at radius 2 is 2.00 bits per heavy atom. The van der Waals surface area contributed by atoms with Gasteiger partial charge in [-0.2, -0.15) is 0 Å². The standard InChI is InChI=1S/C8H18F2N2O/c1-12(2)5-3-4-11-6-7(13)8(9)10/h7-8,11,13H,3-6H2,1-2H3. The third-order valence-corrected chi connectivity index (χ3v) is 1.60. The van der Waals surface area contributed by atoms with Gasteiger partial charge in [0.1, 0.15) is 6.10 Å². The molecule has 1 atom stereocenters. The van der Waals surface area contributed by atoms with Crippen molar-refractivity contribution < 1.29 is 13.9 Å². The molecular weight excluding hydrogens is 178 g/mol. The van der Waals surface area contributed by atoms with E-state index in [1.807, 2.05) is 19.0 Å². The van der Waals surface area contributed by atoms with E-state index < -0.39 is 12.5 Å². The van der Waals surface area contributed by atoms with E-state index in [1.54, 1.807) is 0 Å². The van der Waals surface area contributed by atoms with Crippen molar-refractivity contribution in [3.63, 3.8) is 0 Å². The van der Waals surface area contributed by atoms with E-state index >= 15 is 0 Å². The first-order valence-electron chi connectivity index (χ1n) is 4.35. The number of alkyl halides is 2. The third-order valence-electron chi connectivity index (χ3n) is 1.60. The average Bonchev–Trinajstić information content (AvgIpc) is 2.02. The summed E-state index contributed by atoms with van der Waals surface area (Å²) in [5.74, 6) is 0. The summed E-state index contributed by atoms with van der Waals surface area (Å²) in [5, 5.41) is 11.5. The summed E-state index contributed by atoms with van der Waals surface area (Å²) in [4.78, 5) is 2.02. The molecule has 0 saturated carbocycles. The van der Waals surface area contributed by atoms with E-state index in [2.05, 4.69) is 5.32 Å². The first kappa shape index (κ1) is 12.7. The Morgan fingerprint density at radius 1 is 1.38 bits per heavy atom. The molecule has 0 heterocycles. The lowest BCUT2D eigenvalue weighted by atomic mass is 10.3.